The molecule has 0 spiro atoms. The summed E-state index contributed by atoms with van der Waals surface area (Å²) in [5.74, 6) is 1.54. The van der Waals surface area contributed by atoms with E-state index >= 15 is 0 Å². The van der Waals surface area contributed by atoms with Crippen molar-refractivity contribution >= 4 is 12.1 Å². The van der Waals surface area contributed by atoms with Crippen molar-refractivity contribution in [2.45, 2.75) is 19.3 Å². The molecular formula is C14H18O5. The predicted molar refractivity (Wildman–Crippen MR) is 70.1 cm³/mol. The van der Waals surface area contributed by atoms with Gasteiger partial charge in [-0.2, -0.15) is 0 Å². The number of methoxy groups -OCH3 is 3. The molecule has 0 amide bonds. The van der Waals surface area contributed by atoms with E-state index < -0.39 is 0 Å². The van der Waals surface area contributed by atoms with Crippen LogP contribution >= 0.6 is 0 Å². The van der Waals surface area contributed by atoms with Crippen molar-refractivity contribution in [3.05, 3.63) is 17.7 Å². The van der Waals surface area contributed by atoms with Crippen LogP contribution in [-0.2, 0) is 16.0 Å². The molecule has 0 fully saturated rings. The van der Waals surface area contributed by atoms with Gasteiger partial charge in [0.1, 0.15) is 12.1 Å². The Labute approximate surface area is 112 Å². The van der Waals surface area contributed by atoms with Gasteiger partial charge < -0.3 is 19.0 Å². The molecule has 0 aliphatic heterocycles. The summed E-state index contributed by atoms with van der Waals surface area (Å²) in [5.41, 5.74) is 0.847. The number of aryl methyl sites for hydroxylation is 1. The highest BCUT2D eigenvalue weighted by atomic mass is 16.5. The molecule has 1 rings (SSSR count). The number of carbonyl (C=O) groups excluding carboxylic acids is 2. The van der Waals surface area contributed by atoms with Gasteiger partial charge in [-0.05, 0) is 18.1 Å². The van der Waals surface area contributed by atoms with Crippen molar-refractivity contribution in [3.63, 3.8) is 0 Å². The number of ketones is 1. The van der Waals surface area contributed by atoms with Gasteiger partial charge in [0.25, 0.3) is 0 Å². The minimum atomic E-state index is -0.0909. The Morgan fingerprint density at radius 2 is 1.79 bits per heavy atom. The largest absolute Gasteiger partial charge is 0.493 e. The molecule has 0 radical (unpaired) electrons. The van der Waals surface area contributed by atoms with E-state index in [4.69, 9.17) is 14.2 Å². The Bertz CT molecular complexity index is 453. The van der Waals surface area contributed by atoms with Gasteiger partial charge in [0.2, 0.25) is 5.75 Å². The standard InChI is InChI=1S/C14H18O5/c1-17-12-7-5-10(4-6-11(16)8-9-15)13(18-2)14(12)19-3/h5,7,9H,4,6,8H2,1-3H3. The van der Waals surface area contributed by atoms with Gasteiger partial charge in [0.05, 0.1) is 27.8 Å². The molecule has 19 heavy (non-hydrogen) atoms. The van der Waals surface area contributed by atoms with Crippen molar-refractivity contribution in [1.29, 1.82) is 0 Å². The van der Waals surface area contributed by atoms with Crippen LogP contribution in [0, 0.1) is 0 Å². The Hall–Kier alpha value is -2.04. The van der Waals surface area contributed by atoms with Gasteiger partial charge in [-0.1, -0.05) is 6.07 Å². The van der Waals surface area contributed by atoms with Crippen LogP contribution in [0.15, 0.2) is 12.1 Å². The third kappa shape index (κ3) is 3.71. The van der Waals surface area contributed by atoms with Crippen LogP contribution in [-0.4, -0.2) is 33.4 Å². The van der Waals surface area contributed by atoms with Crippen LogP contribution in [0.1, 0.15) is 18.4 Å². The first-order valence-electron chi connectivity index (χ1n) is 5.91. The zero-order chi connectivity index (χ0) is 14.3. The number of benzene rings is 1. The molecule has 0 aliphatic carbocycles. The van der Waals surface area contributed by atoms with Crippen molar-refractivity contribution in [1.82, 2.24) is 0 Å². The summed E-state index contributed by atoms with van der Waals surface area (Å²) in [6.07, 6.45) is 1.37. The summed E-state index contributed by atoms with van der Waals surface area (Å²) in [7, 11) is 4.61. The fourth-order valence-electron chi connectivity index (χ4n) is 1.83. The van der Waals surface area contributed by atoms with Crippen LogP contribution < -0.4 is 14.2 Å². The topological polar surface area (TPSA) is 61.8 Å². The predicted octanol–water partition coefficient (Wildman–Crippen LogP) is 1.80. The fraction of sp³-hybridized carbons (Fsp3) is 0.429. The number of ether oxygens (including phenoxy) is 3. The summed E-state index contributed by atoms with van der Waals surface area (Å²) in [4.78, 5) is 21.6. The average Bonchev–Trinajstić information content (AvgIpc) is 2.43. The normalized spacial score (nSPS) is 9.84. The van der Waals surface area contributed by atoms with Crippen LogP contribution in [0.2, 0.25) is 0 Å². The third-order valence-electron chi connectivity index (χ3n) is 2.77. The first-order valence-corrected chi connectivity index (χ1v) is 5.91. The van der Waals surface area contributed by atoms with Crippen molar-refractivity contribution in [3.8, 4) is 17.2 Å². The Morgan fingerprint density at radius 3 is 2.32 bits per heavy atom. The van der Waals surface area contributed by atoms with Crippen LogP contribution in [0.4, 0.5) is 0 Å². The first-order chi connectivity index (χ1) is 9.17. The summed E-state index contributed by atoms with van der Waals surface area (Å²) in [5, 5.41) is 0. The van der Waals surface area contributed by atoms with Crippen molar-refractivity contribution in [2.75, 3.05) is 21.3 Å². The molecule has 104 valence electrons. The van der Waals surface area contributed by atoms with E-state index in [1.165, 1.54) is 14.2 Å². The molecule has 0 bridgehead atoms. The minimum Gasteiger partial charge on any atom is -0.493 e. The quantitative estimate of drug-likeness (QED) is 0.530. The van der Waals surface area contributed by atoms with Gasteiger partial charge in [0, 0.05) is 6.42 Å². The zero-order valence-electron chi connectivity index (χ0n) is 11.4. The lowest BCUT2D eigenvalue weighted by Gasteiger charge is -2.15. The second-order valence-electron chi connectivity index (χ2n) is 3.90. The number of carbonyl (C=O) groups is 2. The maximum Gasteiger partial charge on any atom is 0.203 e. The maximum absolute atomic E-state index is 11.4. The minimum absolute atomic E-state index is 0.0460. The molecule has 0 aromatic heterocycles. The summed E-state index contributed by atoms with van der Waals surface area (Å²) in [6, 6.07) is 3.59. The number of aldehydes is 1. The molecule has 1 aromatic carbocycles. The van der Waals surface area contributed by atoms with E-state index in [9.17, 15) is 9.59 Å². The lowest BCUT2D eigenvalue weighted by molar-refractivity contribution is -0.122. The Morgan fingerprint density at radius 1 is 1.11 bits per heavy atom. The van der Waals surface area contributed by atoms with E-state index in [2.05, 4.69) is 0 Å². The highest BCUT2D eigenvalue weighted by molar-refractivity contribution is 5.89. The second kappa shape index (κ2) is 7.41. The molecule has 0 saturated carbocycles. The molecule has 5 nitrogen and oxygen atoms in total. The van der Waals surface area contributed by atoms with Gasteiger partial charge in [-0.25, -0.2) is 0 Å². The molecule has 0 atom stereocenters. The highest BCUT2D eigenvalue weighted by Crippen LogP contribution is 2.40. The van der Waals surface area contributed by atoms with Crippen LogP contribution in [0.3, 0.4) is 0 Å². The number of Topliss-reactive ketones (excluding diaryl/α,β-unsaturated/α-hetero) is 1. The van der Waals surface area contributed by atoms with Crippen molar-refractivity contribution < 1.29 is 23.8 Å². The average molecular weight is 266 g/mol. The molecule has 0 unspecified atom stereocenters. The first kappa shape index (κ1) is 15.0. The molecule has 1 aromatic rings. The molecule has 0 saturated heterocycles. The van der Waals surface area contributed by atoms with Gasteiger partial charge in [-0.3, -0.25) is 4.79 Å². The molecule has 0 N–H and O–H groups in total. The summed E-state index contributed by atoms with van der Waals surface area (Å²) >= 11 is 0. The lowest BCUT2D eigenvalue weighted by atomic mass is 10.0. The molecule has 0 heterocycles. The molecular weight excluding hydrogens is 248 g/mol. The maximum atomic E-state index is 11.4. The number of hydrogen-bond acceptors (Lipinski definition) is 5. The van der Waals surface area contributed by atoms with Crippen molar-refractivity contribution in [2.24, 2.45) is 0 Å². The summed E-state index contributed by atoms with van der Waals surface area (Å²) < 4.78 is 15.8. The van der Waals surface area contributed by atoms with E-state index in [0.29, 0.717) is 36.4 Å². The zero-order valence-corrected chi connectivity index (χ0v) is 11.4. The third-order valence-corrected chi connectivity index (χ3v) is 2.77. The fourth-order valence-corrected chi connectivity index (χ4v) is 1.83. The summed E-state index contributed by atoms with van der Waals surface area (Å²) in [6.45, 7) is 0. The van der Waals surface area contributed by atoms with E-state index in [-0.39, 0.29) is 12.2 Å². The lowest BCUT2D eigenvalue weighted by Crippen LogP contribution is -2.03. The monoisotopic (exact) mass is 266 g/mol. The SMILES string of the molecule is COc1ccc(CCC(=O)CC=O)c(OC)c1OC. The second-order valence-corrected chi connectivity index (χ2v) is 3.90. The van der Waals surface area contributed by atoms with Gasteiger partial charge in [0.15, 0.2) is 11.5 Å². The van der Waals surface area contributed by atoms with Crippen LogP contribution in [0.25, 0.3) is 0 Å². The van der Waals surface area contributed by atoms with E-state index in [0.717, 1.165) is 5.56 Å². The van der Waals surface area contributed by atoms with Gasteiger partial charge >= 0.3 is 0 Å². The number of rotatable bonds is 8. The molecule has 0 aliphatic rings. The van der Waals surface area contributed by atoms with Crippen LogP contribution in [0.5, 0.6) is 17.2 Å². The van der Waals surface area contributed by atoms with E-state index in [1.54, 1.807) is 13.2 Å². The highest BCUT2D eigenvalue weighted by Gasteiger charge is 2.16. The number of hydrogen-bond donors (Lipinski definition) is 0. The van der Waals surface area contributed by atoms with E-state index in [1.807, 2.05) is 6.07 Å². The molecule has 5 heteroatoms. The Kier molecular flexibility index (Phi) is 5.85. The smallest absolute Gasteiger partial charge is 0.203 e. The Balaban J connectivity index is 2.94. The van der Waals surface area contributed by atoms with Gasteiger partial charge in [-0.15, -0.1) is 0 Å².